The zero-order chi connectivity index (χ0) is 37.8. The minimum atomic E-state index is -0.763. The Kier molecular flexibility index (Phi) is 6.49. The van der Waals surface area contributed by atoms with Crippen molar-refractivity contribution in [3.8, 4) is 40.7 Å². The van der Waals surface area contributed by atoms with Crippen LogP contribution in [0.5, 0.6) is 11.5 Å². The monoisotopic (exact) mass is 746 g/mol. The lowest BCUT2D eigenvalue weighted by Crippen LogP contribution is -2.33. The van der Waals surface area contributed by atoms with E-state index >= 15 is 0 Å². The second kappa shape index (κ2) is 11.7. The molecule has 0 bridgehead atoms. The lowest BCUT2D eigenvalue weighted by Gasteiger charge is -2.42. The minimum absolute atomic E-state index is 0.530. The summed E-state index contributed by atoms with van der Waals surface area (Å²) in [6.07, 6.45) is 3.71. The summed E-state index contributed by atoms with van der Waals surface area (Å²) >= 11 is 1.77. The summed E-state index contributed by atoms with van der Waals surface area (Å²) in [7, 11) is 0. The molecule has 0 fully saturated rings. The van der Waals surface area contributed by atoms with Gasteiger partial charge in [0.05, 0.1) is 73.9 Å². The van der Waals surface area contributed by atoms with E-state index in [1.165, 1.54) is 0 Å². The zero-order valence-corrected chi connectivity index (χ0v) is 30.8. The van der Waals surface area contributed by atoms with Gasteiger partial charge in [-0.05, 0) is 95.1 Å². The van der Waals surface area contributed by atoms with E-state index in [4.69, 9.17) is 14.7 Å². The first kappa shape index (κ1) is 31.7. The number of nitriles is 2. The maximum atomic E-state index is 9.91. The summed E-state index contributed by atoms with van der Waals surface area (Å²) in [5, 5.41) is 21.9. The Bertz CT molecular complexity index is 3270. The first-order valence-corrected chi connectivity index (χ1v) is 19.4. The summed E-state index contributed by atoms with van der Waals surface area (Å²) in [5.74, 6) is 1.33. The standard InChI is InChI=1S/C49H26N6OS/c50-27-29-19-21-38-32(25-29)31-9-1-2-14-37(31)54(38)41-16-5-10-35-47(41)57-48-36(49(35)33-12-7-23-52-45(33)46-34(49)13-8-24-53-46)11-6-17-42(48)55-39-15-3-4-18-43(39)56-44-26-30(28-51)20-22-40(44)55/h1-26H. The van der Waals surface area contributed by atoms with Gasteiger partial charge in [-0.25, -0.2) is 0 Å². The first-order valence-electron chi connectivity index (χ1n) is 18.6. The number of nitrogens with zero attached hydrogens (tertiary/aromatic N) is 6. The molecule has 3 aromatic heterocycles. The normalized spacial score (nSPS) is 13.8. The Hall–Kier alpha value is -7.65. The molecular formula is C49H26N6OS. The van der Waals surface area contributed by atoms with Crippen molar-refractivity contribution in [2.24, 2.45) is 0 Å². The fraction of sp³-hybridized carbons (Fsp3) is 0.0204. The highest BCUT2D eigenvalue weighted by atomic mass is 32.2. The number of hydrogen-bond donors (Lipinski definition) is 0. The molecule has 0 saturated carbocycles. The first-order chi connectivity index (χ1) is 28.2. The minimum Gasteiger partial charge on any atom is -0.453 e. The van der Waals surface area contributed by atoms with Gasteiger partial charge >= 0.3 is 0 Å². The largest absolute Gasteiger partial charge is 0.453 e. The number of pyridine rings is 2. The van der Waals surface area contributed by atoms with E-state index in [-0.39, 0.29) is 0 Å². The molecule has 0 amide bonds. The van der Waals surface area contributed by atoms with Crippen LogP contribution in [0.25, 0.3) is 38.9 Å². The topological polar surface area (TPSA) is 90.8 Å². The van der Waals surface area contributed by atoms with Crippen LogP contribution in [-0.4, -0.2) is 14.5 Å². The third-order valence-electron chi connectivity index (χ3n) is 11.6. The summed E-state index contributed by atoms with van der Waals surface area (Å²) in [6, 6.07) is 54.5. The number of ether oxygens (including phenoxy) is 1. The molecule has 264 valence electrons. The van der Waals surface area contributed by atoms with Crippen LogP contribution in [0.4, 0.5) is 17.1 Å². The van der Waals surface area contributed by atoms with E-state index in [1.807, 2.05) is 73.1 Å². The van der Waals surface area contributed by atoms with Crippen LogP contribution in [0, 0.1) is 22.7 Å². The van der Waals surface area contributed by atoms with Crippen molar-refractivity contribution in [2.45, 2.75) is 15.2 Å². The SMILES string of the molecule is N#Cc1ccc2c(c1)Oc1ccccc1N2c1cccc2c1Sc1c(-n3c4ccccc4c4cc(C#N)ccc43)cccc1C21c2cccnc2-c2ncccc21. The van der Waals surface area contributed by atoms with Crippen molar-refractivity contribution in [3.63, 3.8) is 0 Å². The van der Waals surface area contributed by atoms with Crippen molar-refractivity contribution < 1.29 is 4.74 Å². The Morgan fingerprint density at radius 2 is 1.11 bits per heavy atom. The number of anilines is 3. The van der Waals surface area contributed by atoms with E-state index in [2.05, 4.69) is 107 Å². The molecule has 0 radical (unpaired) electrons. The predicted molar refractivity (Wildman–Crippen MR) is 222 cm³/mol. The number of fused-ring (bicyclic) bond motifs is 14. The maximum absolute atomic E-state index is 9.91. The van der Waals surface area contributed by atoms with Crippen LogP contribution in [0.2, 0.25) is 0 Å². The molecule has 2 aliphatic heterocycles. The molecule has 6 aromatic carbocycles. The molecule has 0 unspecified atom stereocenters. The summed E-state index contributed by atoms with van der Waals surface area (Å²) in [4.78, 5) is 14.5. The van der Waals surface area contributed by atoms with Crippen molar-refractivity contribution in [2.75, 3.05) is 4.90 Å². The smallest absolute Gasteiger partial charge is 0.152 e. The number of aromatic nitrogens is 3. The molecule has 0 saturated heterocycles. The number of hydrogen-bond acceptors (Lipinski definition) is 7. The Morgan fingerprint density at radius 1 is 0.509 bits per heavy atom. The van der Waals surface area contributed by atoms with E-state index < -0.39 is 5.41 Å². The van der Waals surface area contributed by atoms with Crippen LogP contribution < -0.4 is 9.64 Å². The highest BCUT2D eigenvalue weighted by Gasteiger charge is 2.53. The number of benzene rings is 6. The highest BCUT2D eigenvalue weighted by molar-refractivity contribution is 7.99. The van der Waals surface area contributed by atoms with Gasteiger partial charge in [0.1, 0.15) is 0 Å². The van der Waals surface area contributed by atoms with Gasteiger partial charge < -0.3 is 14.2 Å². The molecule has 1 aliphatic carbocycles. The molecule has 12 rings (SSSR count). The van der Waals surface area contributed by atoms with Crippen molar-refractivity contribution in [1.82, 2.24) is 14.5 Å². The van der Waals surface area contributed by atoms with E-state index in [0.717, 1.165) is 88.0 Å². The van der Waals surface area contributed by atoms with Crippen LogP contribution in [0.1, 0.15) is 33.4 Å². The third-order valence-corrected chi connectivity index (χ3v) is 12.9. The molecule has 5 heterocycles. The van der Waals surface area contributed by atoms with Crippen LogP contribution in [0.3, 0.4) is 0 Å². The number of para-hydroxylation sites is 3. The summed E-state index contributed by atoms with van der Waals surface area (Å²) in [5.41, 5.74) is 12.5. The van der Waals surface area contributed by atoms with Crippen LogP contribution in [0.15, 0.2) is 168 Å². The van der Waals surface area contributed by atoms with Gasteiger partial charge in [-0.2, -0.15) is 10.5 Å². The second-order valence-corrected chi connectivity index (χ2v) is 15.4. The van der Waals surface area contributed by atoms with Gasteiger partial charge in [-0.1, -0.05) is 78.5 Å². The van der Waals surface area contributed by atoms with Gasteiger partial charge in [0.15, 0.2) is 11.5 Å². The molecule has 8 heteroatoms. The number of rotatable bonds is 2. The lowest BCUT2D eigenvalue weighted by atomic mass is 9.67. The average Bonchev–Trinajstić information content (AvgIpc) is 3.75. The molecule has 3 aliphatic rings. The molecule has 9 aromatic rings. The van der Waals surface area contributed by atoms with Gasteiger partial charge in [0.2, 0.25) is 0 Å². The lowest BCUT2D eigenvalue weighted by molar-refractivity contribution is 0.476. The fourth-order valence-electron chi connectivity index (χ4n) is 9.36. The van der Waals surface area contributed by atoms with Crippen molar-refractivity contribution in [3.05, 3.63) is 191 Å². The fourth-order valence-corrected chi connectivity index (χ4v) is 10.8. The van der Waals surface area contributed by atoms with E-state index in [1.54, 1.807) is 11.8 Å². The molecule has 0 N–H and O–H groups in total. The van der Waals surface area contributed by atoms with Gasteiger partial charge in [-0.3, -0.25) is 9.97 Å². The molecule has 1 spiro atoms. The van der Waals surface area contributed by atoms with Crippen LogP contribution >= 0.6 is 11.8 Å². The summed E-state index contributed by atoms with van der Waals surface area (Å²) < 4.78 is 8.84. The Balaban J connectivity index is 1.22. The highest BCUT2D eigenvalue weighted by Crippen LogP contribution is 2.65. The Morgan fingerprint density at radius 3 is 1.88 bits per heavy atom. The van der Waals surface area contributed by atoms with E-state index in [0.29, 0.717) is 22.6 Å². The maximum Gasteiger partial charge on any atom is 0.152 e. The van der Waals surface area contributed by atoms with Gasteiger partial charge in [0.25, 0.3) is 0 Å². The molecule has 57 heavy (non-hydrogen) atoms. The third kappa shape index (κ3) is 4.14. The Labute approximate surface area is 331 Å². The van der Waals surface area contributed by atoms with Gasteiger partial charge in [0, 0.05) is 39.0 Å². The van der Waals surface area contributed by atoms with Crippen LogP contribution in [-0.2, 0) is 5.41 Å². The molecule has 7 nitrogen and oxygen atoms in total. The zero-order valence-electron chi connectivity index (χ0n) is 30.0. The average molecular weight is 747 g/mol. The van der Waals surface area contributed by atoms with Crippen molar-refractivity contribution >= 4 is 50.6 Å². The van der Waals surface area contributed by atoms with Gasteiger partial charge in [-0.15, -0.1) is 0 Å². The molecule has 0 atom stereocenters. The van der Waals surface area contributed by atoms with Crippen molar-refractivity contribution in [1.29, 1.82) is 10.5 Å². The molecular weight excluding hydrogens is 721 g/mol. The second-order valence-electron chi connectivity index (χ2n) is 14.4. The predicted octanol–water partition coefficient (Wildman–Crippen LogP) is 11.7. The quantitative estimate of drug-likeness (QED) is 0.174. The summed E-state index contributed by atoms with van der Waals surface area (Å²) in [6.45, 7) is 0. The van der Waals surface area contributed by atoms with E-state index in [9.17, 15) is 10.5 Å².